The highest BCUT2D eigenvalue weighted by molar-refractivity contribution is 7.90. The molecule has 2 fully saturated rings. The van der Waals surface area contributed by atoms with Crippen LogP contribution >= 0.6 is 0 Å². The summed E-state index contributed by atoms with van der Waals surface area (Å²) in [7, 11) is -1.65. The van der Waals surface area contributed by atoms with Crippen LogP contribution in [0.2, 0.25) is 0 Å². The molecule has 4 nitrogen and oxygen atoms in total. The first-order valence-electron chi connectivity index (χ1n) is 8.06. The number of rotatable bonds is 2. The minimum atomic E-state index is -3.63. The van der Waals surface area contributed by atoms with Gasteiger partial charge in [-0.25, -0.2) is 0 Å². The van der Waals surface area contributed by atoms with Crippen molar-refractivity contribution in [2.45, 2.75) is 50.3 Å². The fraction of sp³-hybridized carbons (Fsp3) is 0.588. The summed E-state index contributed by atoms with van der Waals surface area (Å²) < 4.78 is 29.7. The first-order chi connectivity index (χ1) is 10.4. The van der Waals surface area contributed by atoms with E-state index in [0.29, 0.717) is 0 Å². The third-order valence-electron chi connectivity index (χ3n) is 5.07. The summed E-state index contributed by atoms with van der Waals surface area (Å²) >= 11 is 0. The lowest BCUT2D eigenvalue weighted by atomic mass is 9.77. The van der Waals surface area contributed by atoms with Crippen LogP contribution in [0.3, 0.4) is 0 Å². The van der Waals surface area contributed by atoms with Crippen molar-refractivity contribution in [3.8, 4) is 0 Å². The molecular weight excluding hydrogens is 296 g/mol. The van der Waals surface area contributed by atoms with Crippen LogP contribution in [0.5, 0.6) is 0 Å². The summed E-state index contributed by atoms with van der Waals surface area (Å²) in [5.41, 5.74) is 1.04. The standard InChI is InChI=1S/C17H24N2O2S/c1-14-6-8-15(9-7-14)22(20,21)18-16-17(10-3-4-11-17)12-5-13-19(16)2/h6-9H,3-5,10-13H2,1-2H3/b18-16-. The average Bonchev–Trinajstić information content (AvgIpc) is 2.93. The van der Waals surface area contributed by atoms with E-state index >= 15 is 0 Å². The smallest absolute Gasteiger partial charge is 0.283 e. The lowest BCUT2D eigenvalue weighted by Gasteiger charge is -2.40. The molecule has 0 atom stereocenters. The number of hydrogen-bond acceptors (Lipinski definition) is 2. The first-order valence-corrected chi connectivity index (χ1v) is 9.50. The van der Waals surface area contributed by atoms with Gasteiger partial charge < -0.3 is 4.90 Å². The molecule has 22 heavy (non-hydrogen) atoms. The second-order valence-corrected chi connectivity index (χ2v) is 8.32. The van der Waals surface area contributed by atoms with Crippen LogP contribution in [0.4, 0.5) is 0 Å². The van der Waals surface area contributed by atoms with Crippen molar-refractivity contribution in [3.63, 3.8) is 0 Å². The van der Waals surface area contributed by atoms with Crippen LogP contribution in [0, 0.1) is 12.3 Å². The average molecular weight is 320 g/mol. The number of piperidine rings is 1. The number of hydrogen-bond donors (Lipinski definition) is 0. The summed E-state index contributed by atoms with van der Waals surface area (Å²) in [6.07, 6.45) is 6.69. The van der Waals surface area contributed by atoms with Gasteiger partial charge in [0.2, 0.25) is 0 Å². The van der Waals surface area contributed by atoms with Gasteiger partial charge in [0.15, 0.2) is 0 Å². The molecule has 1 aromatic carbocycles. The van der Waals surface area contributed by atoms with Crippen molar-refractivity contribution in [1.82, 2.24) is 4.90 Å². The van der Waals surface area contributed by atoms with Crippen molar-refractivity contribution in [2.75, 3.05) is 13.6 Å². The monoisotopic (exact) mass is 320 g/mol. The lowest BCUT2D eigenvalue weighted by molar-refractivity contribution is 0.274. The van der Waals surface area contributed by atoms with Crippen LogP contribution in [0.1, 0.15) is 44.1 Å². The largest absolute Gasteiger partial charge is 0.362 e. The highest BCUT2D eigenvalue weighted by Crippen LogP contribution is 2.46. The number of nitrogens with zero attached hydrogens (tertiary/aromatic N) is 2. The molecule has 2 aliphatic rings. The highest BCUT2D eigenvalue weighted by Gasteiger charge is 2.43. The zero-order valence-electron chi connectivity index (χ0n) is 13.4. The van der Waals surface area contributed by atoms with E-state index in [1.54, 1.807) is 12.1 Å². The van der Waals surface area contributed by atoms with Gasteiger partial charge >= 0.3 is 0 Å². The number of aryl methyl sites for hydroxylation is 1. The van der Waals surface area contributed by atoms with Crippen LogP contribution in [-0.4, -0.2) is 32.7 Å². The van der Waals surface area contributed by atoms with E-state index in [-0.39, 0.29) is 10.3 Å². The molecule has 0 aromatic heterocycles. The Hall–Kier alpha value is -1.36. The van der Waals surface area contributed by atoms with Gasteiger partial charge in [-0.2, -0.15) is 8.42 Å². The molecule has 0 bridgehead atoms. The zero-order valence-corrected chi connectivity index (χ0v) is 14.2. The minimum absolute atomic E-state index is 0.00916. The fourth-order valence-electron chi connectivity index (χ4n) is 3.85. The Morgan fingerprint density at radius 2 is 1.64 bits per heavy atom. The van der Waals surface area contributed by atoms with Gasteiger partial charge in [-0.3, -0.25) is 0 Å². The molecule has 5 heteroatoms. The van der Waals surface area contributed by atoms with Crippen molar-refractivity contribution in [3.05, 3.63) is 29.8 Å². The number of benzene rings is 1. The molecular formula is C17H24N2O2S. The van der Waals surface area contributed by atoms with Crippen LogP contribution in [0.15, 0.2) is 33.6 Å². The zero-order chi connectivity index (χ0) is 15.8. The second-order valence-electron chi connectivity index (χ2n) is 6.72. The Morgan fingerprint density at radius 1 is 1.05 bits per heavy atom. The third kappa shape index (κ3) is 2.78. The summed E-state index contributed by atoms with van der Waals surface area (Å²) in [5, 5.41) is 0. The molecule has 3 rings (SSSR count). The summed E-state index contributed by atoms with van der Waals surface area (Å²) in [6.45, 7) is 2.84. The molecule has 1 saturated carbocycles. The first kappa shape index (κ1) is 15.5. The number of sulfonamides is 1. The maximum Gasteiger partial charge on any atom is 0.283 e. The predicted molar refractivity (Wildman–Crippen MR) is 88.6 cm³/mol. The van der Waals surface area contributed by atoms with Gasteiger partial charge in [0, 0.05) is 19.0 Å². The van der Waals surface area contributed by atoms with Gasteiger partial charge in [0.25, 0.3) is 10.0 Å². The molecule has 1 aliphatic carbocycles. The maximum absolute atomic E-state index is 12.7. The second kappa shape index (κ2) is 5.69. The van der Waals surface area contributed by atoms with Crippen molar-refractivity contribution < 1.29 is 8.42 Å². The molecule has 0 amide bonds. The quantitative estimate of drug-likeness (QED) is 0.839. The Bertz CT molecular complexity index is 671. The van der Waals surface area contributed by atoms with Crippen LogP contribution in [-0.2, 0) is 10.0 Å². The third-order valence-corrected chi connectivity index (χ3v) is 6.35. The van der Waals surface area contributed by atoms with Gasteiger partial charge in [-0.05, 0) is 44.7 Å². The Kier molecular flexibility index (Phi) is 4.02. The number of likely N-dealkylation sites (tertiary alicyclic amines) is 1. The maximum atomic E-state index is 12.7. The van der Waals surface area contributed by atoms with Crippen molar-refractivity contribution >= 4 is 15.9 Å². The topological polar surface area (TPSA) is 49.7 Å². The highest BCUT2D eigenvalue weighted by atomic mass is 32.2. The molecule has 120 valence electrons. The summed E-state index contributed by atoms with van der Waals surface area (Å²) in [4.78, 5) is 2.35. The van der Waals surface area contributed by atoms with Gasteiger partial charge in [0.1, 0.15) is 5.84 Å². The lowest BCUT2D eigenvalue weighted by Crippen LogP contribution is -2.46. The fourth-order valence-corrected chi connectivity index (χ4v) is 4.99. The molecule has 0 radical (unpaired) electrons. The molecule has 1 aromatic rings. The van der Waals surface area contributed by atoms with Crippen LogP contribution in [0.25, 0.3) is 0 Å². The van der Waals surface area contributed by atoms with E-state index in [9.17, 15) is 8.42 Å². The molecule has 1 aliphatic heterocycles. The normalized spacial score (nSPS) is 23.4. The Balaban J connectivity index is 2.02. The number of amidine groups is 1. The summed E-state index contributed by atoms with van der Waals surface area (Å²) in [5.74, 6) is 0.789. The minimum Gasteiger partial charge on any atom is -0.362 e. The predicted octanol–water partition coefficient (Wildman–Crippen LogP) is 3.37. The van der Waals surface area contributed by atoms with Gasteiger partial charge in [-0.15, -0.1) is 4.40 Å². The molecule has 0 unspecified atom stereocenters. The molecule has 1 saturated heterocycles. The Morgan fingerprint density at radius 3 is 2.27 bits per heavy atom. The van der Waals surface area contributed by atoms with E-state index in [4.69, 9.17) is 0 Å². The van der Waals surface area contributed by atoms with Crippen molar-refractivity contribution in [1.29, 1.82) is 0 Å². The molecule has 0 N–H and O–H groups in total. The summed E-state index contributed by atoms with van der Waals surface area (Å²) in [6, 6.07) is 6.95. The van der Waals surface area contributed by atoms with E-state index in [2.05, 4.69) is 9.30 Å². The molecule has 1 spiro atoms. The van der Waals surface area contributed by atoms with Crippen molar-refractivity contribution in [2.24, 2.45) is 9.81 Å². The van der Waals surface area contributed by atoms with E-state index in [1.807, 2.05) is 26.1 Å². The van der Waals surface area contributed by atoms with E-state index in [0.717, 1.165) is 43.6 Å². The van der Waals surface area contributed by atoms with Gasteiger partial charge in [0.05, 0.1) is 4.90 Å². The SMILES string of the molecule is Cc1ccc(S(=O)(=O)/N=C2\N(C)CCCC23CCCC3)cc1. The molecule has 1 heterocycles. The Labute approximate surface area is 133 Å². The van der Waals surface area contributed by atoms with Gasteiger partial charge in [-0.1, -0.05) is 30.5 Å². The van der Waals surface area contributed by atoms with Crippen LogP contribution < -0.4 is 0 Å². The van der Waals surface area contributed by atoms with E-state index < -0.39 is 10.0 Å². The van der Waals surface area contributed by atoms with E-state index in [1.165, 1.54) is 12.8 Å².